The van der Waals surface area contributed by atoms with Gasteiger partial charge in [-0.05, 0) is 44.0 Å². The molecule has 7 N–H and O–H groups in total. The molecule has 16 heteroatoms. The number of benzene rings is 1. The molecule has 2 aromatic heterocycles. The number of aromatic nitrogens is 3. The van der Waals surface area contributed by atoms with Gasteiger partial charge in [-0.1, -0.05) is 23.7 Å². The van der Waals surface area contributed by atoms with Crippen LogP contribution in [0.4, 0.5) is 11.6 Å². The van der Waals surface area contributed by atoms with Gasteiger partial charge < -0.3 is 31.7 Å². The average molecular weight is 642 g/mol. The Labute approximate surface area is 259 Å². The average Bonchev–Trinajstić information content (AvgIpc) is 3.39. The van der Waals surface area contributed by atoms with Crippen molar-refractivity contribution in [3.05, 3.63) is 77.0 Å². The number of nitrogens with two attached hydrogens (primary N) is 2. The molecular formula is C28H32ClN9O5S. The molecule has 1 atom stereocenters. The van der Waals surface area contributed by atoms with E-state index in [2.05, 4.69) is 30.3 Å². The third-order valence-electron chi connectivity index (χ3n) is 7.35. The third kappa shape index (κ3) is 7.01. The minimum absolute atomic E-state index is 0.0167. The number of nitrogens with zero attached hydrogens (tertiary/aromatic N) is 4. The number of hydrogen-bond acceptors (Lipinski definition) is 12. The highest BCUT2D eigenvalue weighted by molar-refractivity contribution is 7.89. The molecule has 0 aliphatic carbocycles. The van der Waals surface area contributed by atoms with Gasteiger partial charge in [-0.2, -0.15) is 0 Å². The molecule has 2 fully saturated rings. The molecule has 5 rings (SSSR count). The number of sulfonamides is 1. The van der Waals surface area contributed by atoms with Gasteiger partial charge in [0.1, 0.15) is 11.9 Å². The van der Waals surface area contributed by atoms with E-state index >= 15 is 0 Å². The number of ether oxygens (including phenoxy) is 1. The molecule has 44 heavy (non-hydrogen) atoms. The molecule has 1 aromatic carbocycles. The van der Waals surface area contributed by atoms with Crippen LogP contribution in [-0.2, 0) is 10.0 Å². The Morgan fingerprint density at radius 3 is 2.66 bits per heavy atom. The minimum Gasteiger partial charge on any atom is -0.473 e. The molecule has 1 amide bonds. The Kier molecular flexibility index (Phi) is 8.90. The number of piperidine rings is 1. The zero-order valence-electron chi connectivity index (χ0n) is 23.8. The van der Waals surface area contributed by atoms with Crippen molar-refractivity contribution in [1.82, 2.24) is 35.2 Å². The first kappa shape index (κ1) is 31.0. The Balaban J connectivity index is 1.17. The number of ketones is 1. The first-order chi connectivity index (χ1) is 20.9. The van der Waals surface area contributed by atoms with E-state index in [0.29, 0.717) is 44.2 Å². The van der Waals surface area contributed by atoms with Crippen molar-refractivity contribution >= 4 is 45.0 Å². The number of rotatable bonds is 9. The van der Waals surface area contributed by atoms with Crippen molar-refractivity contribution in [2.75, 3.05) is 37.6 Å². The number of anilines is 2. The van der Waals surface area contributed by atoms with E-state index in [0.717, 1.165) is 0 Å². The van der Waals surface area contributed by atoms with Crippen LogP contribution in [0.5, 0.6) is 5.88 Å². The molecule has 0 bridgehead atoms. The Morgan fingerprint density at radius 1 is 1.16 bits per heavy atom. The second-order valence-corrected chi connectivity index (χ2v) is 12.7. The molecule has 232 valence electrons. The highest BCUT2D eigenvalue weighted by Gasteiger charge is 2.40. The van der Waals surface area contributed by atoms with Crippen LogP contribution in [0.3, 0.4) is 0 Å². The summed E-state index contributed by atoms with van der Waals surface area (Å²) in [5.41, 5.74) is 11.2. The van der Waals surface area contributed by atoms with E-state index in [4.69, 9.17) is 27.8 Å². The lowest BCUT2D eigenvalue weighted by atomic mass is 9.88. The van der Waals surface area contributed by atoms with Gasteiger partial charge in [0.2, 0.25) is 21.7 Å². The zero-order chi connectivity index (χ0) is 31.5. The van der Waals surface area contributed by atoms with Crippen molar-refractivity contribution in [3.63, 3.8) is 0 Å². The first-order valence-corrected chi connectivity index (χ1v) is 15.6. The molecular weight excluding hydrogens is 610 g/mol. The maximum Gasteiger partial charge on any atom is 0.253 e. The summed E-state index contributed by atoms with van der Waals surface area (Å²) < 4.78 is 34.1. The number of carbonyl (C=O) groups is 2. The van der Waals surface area contributed by atoms with Crippen molar-refractivity contribution < 1.29 is 22.7 Å². The topological polar surface area (TPSA) is 208 Å². The number of allylic oxidation sites excluding steroid dienone is 1. The van der Waals surface area contributed by atoms with E-state index in [-0.39, 0.29) is 50.9 Å². The highest BCUT2D eigenvalue weighted by Crippen LogP contribution is 2.28. The van der Waals surface area contributed by atoms with Crippen LogP contribution in [0.1, 0.15) is 40.6 Å². The summed E-state index contributed by atoms with van der Waals surface area (Å²) >= 11 is 5.90. The van der Waals surface area contributed by atoms with Gasteiger partial charge in [-0.25, -0.2) is 28.1 Å². The SMILES string of the molecule is CC(CNS(=O)(=O)c1cccc(C(=O)N2CCC3(CC2)CN/C(=C\C(=O)c2nc(Cl)c(N)nc2N)N3)c1)Oc1ccccn1. The Morgan fingerprint density at radius 2 is 1.93 bits per heavy atom. The van der Waals surface area contributed by atoms with Crippen LogP contribution in [0.15, 0.2) is 65.5 Å². The molecule has 1 spiro atoms. The van der Waals surface area contributed by atoms with Crippen molar-refractivity contribution in [2.45, 2.75) is 36.3 Å². The number of likely N-dealkylation sites (tertiary alicyclic amines) is 1. The lowest BCUT2D eigenvalue weighted by Crippen LogP contribution is -2.53. The zero-order valence-corrected chi connectivity index (χ0v) is 25.4. The fourth-order valence-corrected chi connectivity index (χ4v) is 6.23. The standard InChI is InChI=1S/C28H32ClN9O5S/c1-17(43-22-7-2-3-10-32-22)15-34-44(41,42)19-6-4-5-18(13-19)27(40)38-11-8-28(9-12-38)16-33-21(37-28)14-20(39)23-25(30)36-26(31)24(29)35-23/h2-7,10,13-14,17,33-34,37H,8-9,11-12,15-16H2,1H3,(H4,30,31,36)/b21-14+. The quantitative estimate of drug-likeness (QED) is 0.166. The maximum atomic E-state index is 13.3. The molecule has 0 radical (unpaired) electrons. The summed E-state index contributed by atoms with van der Waals surface area (Å²) in [5.74, 6) is -0.0545. The van der Waals surface area contributed by atoms with Crippen LogP contribution in [-0.4, -0.2) is 77.8 Å². The van der Waals surface area contributed by atoms with E-state index in [1.807, 2.05) is 0 Å². The van der Waals surface area contributed by atoms with Crippen LogP contribution < -0.4 is 31.6 Å². The highest BCUT2D eigenvalue weighted by atomic mass is 35.5. The summed E-state index contributed by atoms with van der Waals surface area (Å²) in [6, 6.07) is 11.2. The largest absolute Gasteiger partial charge is 0.473 e. The molecule has 2 saturated heterocycles. The van der Waals surface area contributed by atoms with E-state index < -0.39 is 21.9 Å². The van der Waals surface area contributed by atoms with Gasteiger partial charge in [0.25, 0.3) is 5.91 Å². The predicted molar refractivity (Wildman–Crippen MR) is 163 cm³/mol. The summed E-state index contributed by atoms with van der Waals surface area (Å²) in [6.07, 6.45) is 3.65. The number of carbonyl (C=O) groups excluding carboxylic acids is 2. The van der Waals surface area contributed by atoms with Crippen molar-refractivity contribution in [1.29, 1.82) is 0 Å². The first-order valence-electron chi connectivity index (χ1n) is 13.8. The Hall–Kier alpha value is -4.47. The Bertz CT molecular complexity index is 1700. The normalized spacial score (nSPS) is 17.6. The van der Waals surface area contributed by atoms with Gasteiger partial charge >= 0.3 is 0 Å². The van der Waals surface area contributed by atoms with E-state index in [1.54, 1.807) is 48.4 Å². The van der Waals surface area contributed by atoms with E-state index in [1.165, 1.54) is 18.2 Å². The lowest BCUT2D eigenvalue weighted by molar-refractivity contribution is 0.0666. The summed E-state index contributed by atoms with van der Waals surface area (Å²) in [6.45, 7) is 3.14. The van der Waals surface area contributed by atoms with E-state index in [9.17, 15) is 18.0 Å². The fourth-order valence-electron chi connectivity index (χ4n) is 4.94. The number of amides is 1. The fraction of sp³-hybridized carbons (Fsp3) is 0.321. The molecule has 0 saturated carbocycles. The number of nitrogen functional groups attached to an aromatic ring is 2. The number of hydrogen-bond donors (Lipinski definition) is 5. The third-order valence-corrected chi connectivity index (χ3v) is 9.05. The minimum atomic E-state index is -3.90. The second-order valence-electron chi connectivity index (χ2n) is 10.6. The smallest absolute Gasteiger partial charge is 0.253 e. The molecule has 2 aliphatic heterocycles. The lowest BCUT2D eigenvalue weighted by Gasteiger charge is -2.39. The van der Waals surface area contributed by atoms with Gasteiger partial charge in [-0.15, -0.1) is 0 Å². The van der Waals surface area contributed by atoms with Gasteiger partial charge in [0, 0.05) is 50.1 Å². The molecule has 4 heterocycles. The van der Waals surface area contributed by atoms with Gasteiger partial charge in [-0.3, -0.25) is 9.59 Å². The monoisotopic (exact) mass is 641 g/mol. The second kappa shape index (κ2) is 12.6. The summed E-state index contributed by atoms with van der Waals surface area (Å²) in [7, 11) is -3.90. The molecule has 2 aliphatic rings. The number of halogens is 1. The van der Waals surface area contributed by atoms with Crippen LogP contribution >= 0.6 is 11.6 Å². The van der Waals surface area contributed by atoms with Crippen molar-refractivity contribution in [2.24, 2.45) is 0 Å². The van der Waals surface area contributed by atoms with Crippen LogP contribution in [0.25, 0.3) is 0 Å². The summed E-state index contributed by atoms with van der Waals surface area (Å²) in [4.78, 5) is 39.6. The summed E-state index contributed by atoms with van der Waals surface area (Å²) in [5, 5.41) is 6.44. The molecule has 3 aromatic rings. The van der Waals surface area contributed by atoms with Gasteiger partial charge in [0.15, 0.2) is 22.5 Å². The number of nitrogens with one attached hydrogen (secondary N) is 3. The maximum absolute atomic E-state index is 13.3. The van der Waals surface area contributed by atoms with Crippen LogP contribution in [0, 0.1) is 0 Å². The predicted octanol–water partition coefficient (Wildman–Crippen LogP) is 1.33. The van der Waals surface area contributed by atoms with Crippen molar-refractivity contribution in [3.8, 4) is 5.88 Å². The molecule has 14 nitrogen and oxygen atoms in total. The van der Waals surface area contributed by atoms with Gasteiger partial charge in [0.05, 0.1) is 10.4 Å². The molecule has 1 unspecified atom stereocenters. The number of pyridine rings is 1. The van der Waals surface area contributed by atoms with Crippen LogP contribution in [0.2, 0.25) is 5.15 Å².